The summed E-state index contributed by atoms with van der Waals surface area (Å²) >= 11 is 6.12. The molecule has 0 saturated carbocycles. The Bertz CT molecular complexity index is 658. The molecule has 0 aliphatic rings. The summed E-state index contributed by atoms with van der Waals surface area (Å²) in [6.45, 7) is 2.25. The van der Waals surface area contributed by atoms with E-state index >= 15 is 0 Å². The highest BCUT2D eigenvalue weighted by molar-refractivity contribution is 6.35. The molecule has 5 nitrogen and oxygen atoms in total. The first-order valence-electron chi connectivity index (χ1n) is 6.22. The first-order chi connectivity index (χ1) is 9.61. The number of nitrogens with zero attached hydrogens (tertiary/aromatic N) is 1. The molecular formula is C14H14ClN3O2. The Morgan fingerprint density at radius 2 is 2.00 bits per heavy atom. The topological polar surface area (TPSA) is 71.1 Å². The third kappa shape index (κ3) is 3.24. The van der Waals surface area contributed by atoms with E-state index in [1.807, 2.05) is 25.1 Å². The third-order valence-electron chi connectivity index (χ3n) is 2.68. The van der Waals surface area contributed by atoms with Crippen LogP contribution in [0.15, 0.2) is 30.3 Å². The van der Waals surface area contributed by atoms with Gasteiger partial charge >= 0.3 is 0 Å². The lowest BCUT2D eigenvalue weighted by atomic mass is 10.2. The van der Waals surface area contributed by atoms with Gasteiger partial charge in [0.15, 0.2) is 0 Å². The molecule has 2 amide bonds. The predicted octanol–water partition coefficient (Wildman–Crippen LogP) is 1.75. The maximum atomic E-state index is 11.9. The minimum absolute atomic E-state index is 0.0845. The van der Waals surface area contributed by atoms with Crippen LogP contribution in [0.3, 0.4) is 0 Å². The second-order valence-electron chi connectivity index (χ2n) is 4.14. The standard InChI is InChI=1S/C14H14ClN3O2/c1-2-16-13(19)8-17-14(20)12-7-10(15)9-5-3-4-6-11(9)18-12/h3-7H,2,8H2,1H3,(H,16,19)(H,17,20). The number of carbonyl (C=O) groups is 2. The average molecular weight is 292 g/mol. The van der Waals surface area contributed by atoms with Crippen LogP contribution in [0.1, 0.15) is 17.4 Å². The molecule has 1 aromatic heterocycles. The molecule has 2 aromatic rings. The number of rotatable bonds is 4. The van der Waals surface area contributed by atoms with Gasteiger partial charge in [0.1, 0.15) is 5.69 Å². The number of para-hydroxylation sites is 1. The number of carbonyl (C=O) groups excluding carboxylic acids is 2. The fourth-order valence-electron chi connectivity index (χ4n) is 1.76. The second kappa shape index (κ2) is 6.34. The lowest BCUT2D eigenvalue weighted by Crippen LogP contribution is -2.37. The highest BCUT2D eigenvalue weighted by Gasteiger charge is 2.12. The van der Waals surface area contributed by atoms with Gasteiger partial charge in [0.05, 0.1) is 17.1 Å². The summed E-state index contributed by atoms with van der Waals surface area (Å²) in [6.07, 6.45) is 0. The van der Waals surface area contributed by atoms with E-state index in [-0.39, 0.29) is 18.1 Å². The number of nitrogens with one attached hydrogen (secondary N) is 2. The van der Waals surface area contributed by atoms with Gasteiger partial charge in [-0.1, -0.05) is 29.8 Å². The molecule has 1 heterocycles. The van der Waals surface area contributed by atoms with Gasteiger partial charge in [-0.2, -0.15) is 0 Å². The highest BCUT2D eigenvalue weighted by atomic mass is 35.5. The molecule has 0 bridgehead atoms. The van der Waals surface area contributed by atoms with Crippen LogP contribution in [-0.4, -0.2) is 29.9 Å². The first-order valence-corrected chi connectivity index (χ1v) is 6.59. The number of hydrogen-bond donors (Lipinski definition) is 2. The monoisotopic (exact) mass is 291 g/mol. The lowest BCUT2D eigenvalue weighted by Gasteiger charge is -2.07. The summed E-state index contributed by atoms with van der Waals surface area (Å²) in [7, 11) is 0. The molecule has 2 N–H and O–H groups in total. The second-order valence-corrected chi connectivity index (χ2v) is 4.55. The number of hydrogen-bond acceptors (Lipinski definition) is 3. The van der Waals surface area contributed by atoms with E-state index in [9.17, 15) is 9.59 Å². The van der Waals surface area contributed by atoms with Gasteiger partial charge in [-0.25, -0.2) is 4.98 Å². The van der Waals surface area contributed by atoms with Gasteiger partial charge in [0.25, 0.3) is 5.91 Å². The molecule has 0 unspecified atom stereocenters. The van der Waals surface area contributed by atoms with Crippen LogP contribution in [0.25, 0.3) is 10.9 Å². The molecule has 0 aliphatic carbocycles. The van der Waals surface area contributed by atoms with Gasteiger partial charge < -0.3 is 10.6 Å². The van der Waals surface area contributed by atoms with Crippen LogP contribution < -0.4 is 10.6 Å². The molecule has 0 atom stereocenters. The number of pyridine rings is 1. The van der Waals surface area contributed by atoms with Crippen molar-refractivity contribution in [1.29, 1.82) is 0 Å². The van der Waals surface area contributed by atoms with Crippen molar-refractivity contribution in [3.05, 3.63) is 41.0 Å². The lowest BCUT2D eigenvalue weighted by molar-refractivity contribution is -0.120. The van der Waals surface area contributed by atoms with E-state index < -0.39 is 5.91 Å². The van der Waals surface area contributed by atoms with Crippen LogP contribution in [0.5, 0.6) is 0 Å². The molecule has 6 heteroatoms. The third-order valence-corrected chi connectivity index (χ3v) is 2.99. The minimum atomic E-state index is -0.427. The molecule has 0 fully saturated rings. The van der Waals surface area contributed by atoms with Gasteiger partial charge in [-0.15, -0.1) is 0 Å². The fourth-order valence-corrected chi connectivity index (χ4v) is 2.02. The smallest absolute Gasteiger partial charge is 0.270 e. The van der Waals surface area contributed by atoms with E-state index in [0.29, 0.717) is 17.1 Å². The zero-order valence-electron chi connectivity index (χ0n) is 10.9. The van der Waals surface area contributed by atoms with E-state index in [4.69, 9.17) is 11.6 Å². The maximum absolute atomic E-state index is 11.9. The molecule has 0 radical (unpaired) electrons. The molecule has 0 aliphatic heterocycles. The normalized spacial score (nSPS) is 10.3. The van der Waals surface area contributed by atoms with E-state index in [2.05, 4.69) is 15.6 Å². The Hall–Kier alpha value is -2.14. The van der Waals surface area contributed by atoms with Gasteiger partial charge in [-0.3, -0.25) is 9.59 Å². The molecule has 0 saturated heterocycles. The summed E-state index contributed by atoms with van der Waals surface area (Å²) in [6, 6.07) is 8.78. The average Bonchev–Trinajstić information content (AvgIpc) is 2.45. The summed E-state index contributed by atoms with van der Waals surface area (Å²) in [5.41, 5.74) is 0.834. The molecule has 104 valence electrons. The summed E-state index contributed by atoms with van der Waals surface area (Å²) < 4.78 is 0. The number of halogens is 1. The zero-order chi connectivity index (χ0) is 14.5. The van der Waals surface area contributed by atoms with Crippen LogP contribution in [0.2, 0.25) is 5.02 Å². The molecule has 1 aromatic carbocycles. The number of benzene rings is 1. The molecule has 20 heavy (non-hydrogen) atoms. The van der Waals surface area contributed by atoms with Crippen molar-refractivity contribution in [3.63, 3.8) is 0 Å². The highest BCUT2D eigenvalue weighted by Crippen LogP contribution is 2.22. The SMILES string of the molecule is CCNC(=O)CNC(=O)c1cc(Cl)c2ccccc2n1. The van der Waals surface area contributed by atoms with Crippen LogP contribution in [0, 0.1) is 0 Å². The van der Waals surface area contributed by atoms with Crippen molar-refractivity contribution in [2.24, 2.45) is 0 Å². The Balaban J connectivity index is 2.16. The van der Waals surface area contributed by atoms with Gasteiger partial charge in [0.2, 0.25) is 5.91 Å². The number of aromatic nitrogens is 1. The number of fused-ring (bicyclic) bond motifs is 1. The number of amides is 2. The minimum Gasteiger partial charge on any atom is -0.355 e. The van der Waals surface area contributed by atoms with E-state index in [1.165, 1.54) is 6.07 Å². The molecular weight excluding hydrogens is 278 g/mol. The quantitative estimate of drug-likeness (QED) is 0.901. The Morgan fingerprint density at radius 1 is 1.25 bits per heavy atom. The van der Waals surface area contributed by atoms with Gasteiger partial charge in [-0.05, 0) is 19.1 Å². The summed E-state index contributed by atoms with van der Waals surface area (Å²) in [5.74, 6) is -0.670. The van der Waals surface area contributed by atoms with Crippen molar-refractivity contribution in [2.75, 3.05) is 13.1 Å². The molecule has 2 rings (SSSR count). The van der Waals surface area contributed by atoms with Crippen molar-refractivity contribution >= 4 is 34.3 Å². The summed E-state index contributed by atoms with van der Waals surface area (Å²) in [5, 5.41) is 6.34. The van der Waals surface area contributed by atoms with Crippen LogP contribution >= 0.6 is 11.6 Å². The largest absolute Gasteiger partial charge is 0.355 e. The Morgan fingerprint density at radius 3 is 2.75 bits per heavy atom. The first kappa shape index (κ1) is 14.3. The van der Waals surface area contributed by atoms with Gasteiger partial charge in [0, 0.05) is 11.9 Å². The van der Waals surface area contributed by atoms with E-state index in [0.717, 1.165) is 5.39 Å². The van der Waals surface area contributed by atoms with Crippen molar-refractivity contribution in [3.8, 4) is 0 Å². The van der Waals surface area contributed by atoms with Crippen molar-refractivity contribution < 1.29 is 9.59 Å². The van der Waals surface area contributed by atoms with Crippen LogP contribution in [0.4, 0.5) is 0 Å². The Kier molecular flexibility index (Phi) is 4.53. The van der Waals surface area contributed by atoms with Crippen molar-refractivity contribution in [2.45, 2.75) is 6.92 Å². The summed E-state index contributed by atoms with van der Waals surface area (Å²) in [4.78, 5) is 27.5. The molecule has 0 spiro atoms. The van der Waals surface area contributed by atoms with E-state index in [1.54, 1.807) is 6.07 Å². The van der Waals surface area contributed by atoms with Crippen LogP contribution in [-0.2, 0) is 4.79 Å². The fraction of sp³-hybridized carbons (Fsp3) is 0.214. The maximum Gasteiger partial charge on any atom is 0.270 e. The van der Waals surface area contributed by atoms with Crippen molar-refractivity contribution in [1.82, 2.24) is 15.6 Å². The Labute approximate surface area is 121 Å². The predicted molar refractivity (Wildman–Crippen MR) is 77.8 cm³/mol. The number of likely N-dealkylation sites (N-methyl/N-ethyl adjacent to an activating group) is 1. The zero-order valence-corrected chi connectivity index (χ0v) is 11.7.